The van der Waals surface area contributed by atoms with Gasteiger partial charge in [-0.05, 0) is 64.1 Å². The number of aromatic nitrogens is 1. The van der Waals surface area contributed by atoms with E-state index in [9.17, 15) is 4.79 Å². The van der Waals surface area contributed by atoms with Gasteiger partial charge in [0.1, 0.15) is 5.75 Å². The molecule has 1 N–H and O–H groups in total. The van der Waals surface area contributed by atoms with E-state index in [1.165, 1.54) is 11.3 Å². The lowest BCUT2D eigenvalue weighted by Gasteiger charge is -2.16. The van der Waals surface area contributed by atoms with Crippen LogP contribution < -0.4 is 24.3 Å². The van der Waals surface area contributed by atoms with E-state index >= 15 is 0 Å². The first-order valence-electron chi connectivity index (χ1n) is 10.7. The summed E-state index contributed by atoms with van der Waals surface area (Å²) < 4.78 is 22.6. The van der Waals surface area contributed by atoms with E-state index in [-0.39, 0.29) is 5.91 Å². The number of nitrogens with zero attached hydrogens (tertiary/aromatic N) is 1. The maximum atomic E-state index is 12.9. The van der Waals surface area contributed by atoms with E-state index in [0.717, 1.165) is 17.0 Å². The van der Waals surface area contributed by atoms with Gasteiger partial charge in [-0.25, -0.2) is 4.98 Å². The Labute approximate surface area is 192 Å². The molecule has 0 atom stereocenters. The number of thiazole rings is 1. The molecule has 0 aliphatic carbocycles. The third-order valence-corrected chi connectivity index (χ3v) is 5.11. The fourth-order valence-corrected chi connectivity index (χ4v) is 3.76. The van der Waals surface area contributed by atoms with Crippen LogP contribution in [0.2, 0.25) is 0 Å². The van der Waals surface area contributed by atoms with Crippen molar-refractivity contribution in [1.29, 1.82) is 0 Å². The summed E-state index contributed by atoms with van der Waals surface area (Å²) in [6.07, 6.45) is 0. The average Bonchev–Trinajstić information content (AvgIpc) is 3.25. The highest BCUT2D eigenvalue weighted by atomic mass is 32.1. The molecule has 0 radical (unpaired) electrons. The number of benzene rings is 2. The van der Waals surface area contributed by atoms with E-state index in [0.29, 0.717) is 54.4 Å². The molecule has 1 heterocycles. The van der Waals surface area contributed by atoms with E-state index < -0.39 is 0 Å². The monoisotopic (exact) mass is 456 g/mol. The second-order valence-electron chi connectivity index (χ2n) is 6.55. The highest BCUT2D eigenvalue weighted by molar-refractivity contribution is 7.14. The van der Waals surface area contributed by atoms with Crippen LogP contribution in [0.25, 0.3) is 11.3 Å². The molecule has 0 spiro atoms. The normalized spacial score (nSPS) is 10.5. The van der Waals surface area contributed by atoms with Crippen LogP contribution in [0.1, 0.15) is 38.1 Å². The average molecular weight is 457 g/mol. The van der Waals surface area contributed by atoms with Crippen LogP contribution in [0.15, 0.2) is 41.8 Å². The van der Waals surface area contributed by atoms with Gasteiger partial charge < -0.3 is 18.9 Å². The predicted octanol–water partition coefficient (Wildman–Crippen LogP) is 5.66. The van der Waals surface area contributed by atoms with Gasteiger partial charge in [-0.1, -0.05) is 0 Å². The molecule has 170 valence electrons. The molecule has 0 unspecified atom stereocenters. The van der Waals surface area contributed by atoms with Crippen molar-refractivity contribution in [2.75, 3.05) is 31.7 Å². The van der Waals surface area contributed by atoms with Crippen LogP contribution in [-0.4, -0.2) is 37.3 Å². The lowest BCUT2D eigenvalue weighted by atomic mass is 10.1. The van der Waals surface area contributed by atoms with Crippen molar-refractivity contribution in [1.82, 2.24) is 4.98 Å². The Morgan fingerprint density at radius 2 is 1.47 bits per heavy atom. The summed E-state index contributed by atoms with van der Waals surface area (Å²) in [4.78, 5) is 17.5. The number of amides is 1. The van der Waals surface area contributed by atoms with Crippen molar-refractivity contribution in [3.8, 4) is 34.3 Å². The molecule has 2 aromatic carbocycles. The first kappa shape index (κ1) is 23.4. The number of anilines is 1. The molecular formula is C24H28N2O5S. The Bertz CT molecular complexity index is 1010. The highest BCUT2D eigenvalue weighted by Crippen LogP contribution is 2.39. The van der Waals surface area contributed by atoms with Gasteiger partial charge in [0.2, 0.25) is 5.75 Å². The third kappa shape index (κ3) is 5.70. The minimum atomic E-state index is -0.303. The third-order valence-electron chi connectivity index (χ3n) is 4.36. The predicted molar refractivity (Wildman–Crippen MR) is 127 cm³/mol. The minimum Gasteiger partial charge on any atom is -0.494 e. The smallest absolute Gasteiger partial charge is 0.257 e. The van der Waals surface area contributed by atoms with Crippen LogP contribution in [0.5, 0.6) is 23.0 Å². The molecule has 0 saturated heterocycles. The van der Waals surface area contributed by atoms with E-state index in [1.54, 1.807) is 12.1 Å². The summed E-state index contributed by atoms with van der Waals surface area (Å²) in [7, 11) is 0. The SMILES string of the molecule is CCOc1ccc(-c2csc(NC(=O)c3cc(OCC)c(OCC)c(OCC)c3)n2)cc1. The summed E-state index contributed by atoms with van der Waals surface area (Å²) in [5, 5.41) is 5.27. The number of carbonyl (C=O) groups is 1. The zero-order valence-corrected chi connectivity index (χ0v) is 19.6. The van der Waals surface area contributed by atoms with E-state index in [1.807, 2.05) is 57.3 Å². The largest absolute Gasteiger partial charge is 0.494 e. The maximum absolute atomic E-state index is 12.9. The van der Waals surface area contributed by atoms with Crippen molar-refractivity contribution in [2.45, 2.75) is 27.7 Å². The van der Waals surface area contributed by atoms with Crippen LogP contribution in [0.3, 0.4) is 0 Å². The fraction of sp³-hybridized carbons (Fsp3) is 0.333. The lowest BCUT2D eigenvalue weighted by Crippen LogP contribution is -2.13. The highest BCUT2D eigenvalue weighted by Gasteiger charge is 2.19. The molecule has 1 amide bonds. The summed E-state index contributed by atoms with van der Waals surface area (Å²) in [5.41, 5.74) is 2.13. The van der Waals surface area contributed by atoms with Gasteiger partial charge in [0.15, 0.2) is 16.6 Å². The summed E-state index contributed by atoms with van der Waals surface area (Å²) in [6.45, 7) is 9.54. The van der Waals surface area contributed by atoms with Gasteiger partial charge in [0.05, 0.1) is 32.1 Å². The van der Waals surface area contributed by atoms with Gasteiger partial charge in [-0.15, -0.1) is 11.3 Å². The molecule has 3 rings (SSSR count). The fourth-order valence-electron chi connectivity index (χ4n) is 3.04. The second kappa shape index (κ2) is 11.4. The minimum absolute atomic E-state index is 0.303. The van der Waals surface area contributed by atoms with Gasteiger partial charge >= 0.3 is 0 Å². The van der Waals surface area contributed by atoms with Gasteiger partial charge in [0.25, 0.3) is 5.91 Å². The molecule has 3 aromatic rings. The van der Waals surface area contributed by atoms with Crippen molar-refractivity contribution < 1.29 is 23.7 Å². The summed E-state index contributed by atoms with van der Waals surface area (Å²) in [6, 6.07) is 11.0. The molecule has 0 aliphatic heterocycles. The zero-order valence-electron chi connectivity index (χ0n) is 18.8. The van der Waals surface area contributed by atoms with Crippen LogP contribution in [-0.2, 0) is 0 Å². The summed E-state index contributed by atoms with van der Waals surface area (Å²) in [5.74, 6) is 1.95. The number of rotatable bonds is 11. The molecule has 0 aliphatic rings. The first-order chi connectivity index (χ1) is 15.6. The van der Waals surface area contributed by atoms with Crippen molar-refractivity contribution in [2.24, 2.45) is 0 Å². The van der Waals surface area contributed by atoms with Crippen molar-refractivity contribution in [3.05, 3.63) is 47.3 Å². The number of ether oxygens (including phenoxy) is 4. The Kier molecular flexibility index (Phi) is 8.33. The lowest BCUT2D eigenvalue weighted by molar-refractivity contribution is 0.102. The molecule has 0 fully saturated rings. The zero-order chi connectivity index (χ0) is 22.9. The molecule has 32 heavy (non-hydrogen) atoms. The van der Waals surface area contributed by atoms with Gasteiger partial charge in [0, 0.05) is 16.5 Å². The first-order valence-corrected chi connectivity index (χ1v) is 11.5. The number of hydrogen-bond acceptors (Lipinski definition) is 7. The van der Waals surface area contributed by atoms with Gasteiger partial charge in [-0.2, -0.15) is 0 Å². The Balaban J connectivity index is 1.80. The van der Waals surface area contributed by atoms with Crippen LogP contribution >= 0.6 is 11.3 Å². The quantitative estimate of drug-likeness (QED) is 0.401. The number of carbonyl (C=O) groups excluding carboxylic acids is 1. The number of nitrogens with one attached hydrogen (secondary N) is 1. The Morgan fingerprint density at radius 1 is 0.875 bits per heavy atom. The topological polar surface area (TPSA) is 78.9 Å². The molecule has 1 aromatic heterocycles. The number of hydrogen-bond donors (Lipinski definition) is 1. The van der Waals surface area contributed by atoms with Crippen LogP contribution in [0.4, 0.5) is 5.13 Å². The van der Waals surface area contributed by atoms with Crippen molar-refractivity contribution in [3.63, 3.8) is 0 Å². The van der Waals surface area contributed by atoms with Crippen molar-refractivity contribution >= 4 is 22.4 Å². The molecular weight excluding hydrogens is 428 g/mol. The molecule has 0 saturated carbocycles. The van der Waals surface area contributed by atoms with Crippen LogP contribution in [0, 0.1) is 0 Å². The van der Waals surface area contributed by atoms with E-state index in [2.05, 4.69) is 10.3 Å². The second-order valence-corrected chi connectivity index (χ2v) is 7.41. The molecule has 8 heteroatoms. The molecule has 0 bridgehead atoms. The Hall–Kier alpha value is -3.26. The molecule has 7 nitrogen and oxygen atoms in total. The Morgan fingerprint density at radius 3 is 2.03 bits per heavy atom. The maximum Gasteiger partial charge on any atom is 0.257 e. The van der Waals surface area contributed by atoms with Gasteiger partial charge in [-0.3, -0.25) is 10.1 Å². The standard InChI is InChI=1S/C24H28N2O5S/c1-5-28-18-11-9-16(10-12-18)19-15-32-24(25-19)26-23(27)17-13-20(29-6-2)22(31-8-4)21(14-17)30-7-3/h9-15H,5-8H2,1-4H3,(H,25,26,27). The van der Waals surface area contributed by atoms with E-state index in [4.69, 9.17) is 18.9 Å². The summed E-state index contributed by atoms with van der Waals surface area (Å²) >= 11 is 1.36.